The smallest absolute Gasteiger partial charge is 0.160 e. The third-order valence-electron chi connectivity index (χ3n) is 3.62. The predicted octanol–water partition coefficient (Wildman–Crippen LogP) is 2.35. The summed E-state index contributed by atoms with van der Waals surface area (Å²) in [5.41, 5.74) is 1.32. The number of rotatable bonds is 5. The van der Waals surface area contributed by atoms with Crippen LogP contribution in [0.5, 0.6) is 0 Å². The SMILES string of the molecule is CCCC1(CNc2ncnc3[nH]ncc23)CC1. The summed E-state index contributed by atoms with van der Waals surface area (Å²) in [5, 5.41) is 11.3. The Labute approximate surface area is 100 Å². The van der Waals surface area contributed by atoms with Crippen molar-refractivity contribution in [1.82, 2.24) is 20.2 Å². The summed E-state index contributed by atoms with van der Waals surface area (Å²) in [6.07, 6.45) is 8.59. The highest BCUT2D eigenvalue weighted by molar-refractivity contribution is 5.85. The molecule has 0 atom stereocenters. The van der Waals surface area contributed by atoms with Crippen LogP contribution in [-0.4, -0.2) is 26.7 Å². The van der Waals surface area contributed by atoms with Crippen molar-refractivity contribution in [1.29, 1.82) is 0 Å². The molecule has 90 valence electrons. The minimum absolute atomic E-state index is 0.524. The summed E-state index contributed by atoms with van der Waals surface area (Å²) < 4.78 is 0. The van der Waals surface area contributed by atoms with E-state index in [1.54, 1.807) is 12.5 Å². The van der Waals surface area contributed by atoms with Gasteiger partial charge in [0.2, 0.25) is 0 Å². The average molecular weight is 231 g/mol. The molecule has 0 amide bonds. The van der Waals surface area contributed by atoms with Crippen LogP contribution in [0.25, 0.3) is 11.0 Å². The van der Waals surface area contributed by atoms with Gasteiger partial charge in [-0.3, -0.25) is 5.10 Å². The first kappa shape index (κ1) is 10.5. The number of anilines is 1. The zero-order valence-corrected chi connectivity index (χ0v) is 10.0. The molecule has 17 heavy (non-hydrogen) atoms. The first-order valence-corrected chi connectivity index (χ1v) is 6.21. The van der Waals surface area contributed by atoms with Gasteiger partial charge in [0.1, 0.15) is 12.1 Å². The molecule has 0 aliphatic heterocycles. The van der Waals surface area contributed by atoms with Crippen LogP contribution in [0.2, 0.25) is 0 Å². The van der Waals surface area contributed by atoms with E-state index >= 15 is 0 Å². The molecular formula is C12H17N5. The van der Waals surface area contributed by atoms with E-state index in [4.69, 9.17) is 0 Å². The number of hydrogen-bond donors (Lipinski definition) is 2. The molecule has 2 heterocycles. The first-order valence-electron chi connectivity index (χ1n) is 6.21. The van der Waals surface area contributed by atoms with Gasteiger partial charge >= 0.3 is 0 Å². The van der Waals surface area contributed by atoms with Gasteiger partial charge in [-0.15, -0.1) is 0 Å². The monoisotopic (exact) mass is 231 g/mol. The highest BCUT2D eigenvalue weighted by Gasteiger charge is 2.41. The molecule has 1 fully saturated rings. The molecule has 0 saturated heterocycles. The molecule has 5 heteroatoms. The summed E-state index contributed by atoms with van der Waals surface area (Å²) in [7, 11) is 0. The number of nitrogens with one attached hydrogen (secondary N) is 2. The highest BCUT2D eigenvalue weighted by Crippen LogP contribution is 2.49. The molecule has 2 aromatic rings. The minimum Gasteiger partial charge on any atom is -0.369 e. The molecule has 2 aromatic heterocycles. The molecule has 5 nitrogen and oxygen atoms in total. The van der Waals surface area contributed by atoms with Crippen LogP contribution >= 0.6 is 0 Å². The van der Waals surface area contributed by atoms with E-state index in [-0.39, 0.29) is 0 Å². The number of H-pyrrole nitrogens is 1. The lowest BCUT2D eigenvalue weighted by molar-refractivity contribution is 0.485. The molecule has 0 aromatic carbocycles. The normalized spacial score (nSPS) is 17.2. The molecule has 3 rings (SSSR count). The second-order valence-corrected chi connectivity index (χ2v) is 4.96. The standard InChI is InChI=1S/C12H17N5/c1-2-3-12(4-5-12)7-13-10-9-6-16-17-11(9)15-8-14-10/h6,8H,2-5,7H2,1H3,(H2,13,14,15,16,17). The van der Waals surface area contributed by atoms with Crippen LogP contribution in [0.4, 0.5) is 5.82 Å². The molecule has 0 spiro atoms. The van der Waals surface area contributed by atoms with Crippen LogP contribution in [0.1, 0.15) is 32.6 Å². The van der Waals surface area contributed by atoms with Crippen molar-refractivity contribution in [2.45, 2.75) is 32.6 Å². The second-order valence-electron chi connectivity index (χ2n) is 4.96. The molecule has 1 aliphatic carbocycles. The Morgan fingerprint density at radius 2 is 2.29 bits per heavy atom. The molecule has 1 saturated carbocycles. The van der Waals surface area contributed by atoms with E-state index in [1.807, 2.05) is 0 Å². The maximum absolute atomic E-state index is 4.29. The van der Waals surface area contributed by atoms with Crippen LogP contribution in [0.15, 0.2) is 12.5 Å². The van der Waals surface area contributed by atoms with E-state index in [0.29, 0.717) is 5.41 Å². The number of hydrogen-bond acceptors (Lipinski definition) is 4. The van der Waals surface area contributed by atoms with Crippen molar-refractivity contribution in [3.63, 3.8) is 0 Å². The molecular weight excluding hydrogens is 214 g/mol. The summed E-state index contributed by atoms with van der Waals surface area (Å²) in [5.74, 6) is 0.895. The number of nitrogens with zero attached hydrogens (tertiary/aromatic N) is 3. The fourth-order valence-electron chi connectivity index (χ4n) is 2.40. The van der Waals surface area contributed by atoms with Gasteiger partial charge < -0.3 is 5.32 Å². The van der Waals surface area contributed by atoms with Gasteiger partial charge in [-0.1, -0.05) is 13.3 Å². The lowest BCUT2D eigenvalue weighted by Gasteiger charge is -2.15. The van der Waals surface area contributed by atoms with Crippen molar-refractivity contribution >= 4 is 16.9 Å². The lowest BCUT2D eigenvalue weighted by atomic mass is 10.0. The summed E-state index contributed by atoms with van der Waals surface area (Å²) in [4.78, 5) is 8.42. The third-order valence-corrected chi connectivity index (χ3v) is 3.62. The van der Waals surface area contributed by atoms with Gasteiger partial charge in [-0.2, -0.15) is 5.10 Å². The van der Waals surface area contributed by atoms with E-state index in [9.17, 15) is 0 Å². The maximum atomic E-state index is 4.29. The summed E-state index contributed by atoms with van der Waals surface area (Å²) in [6, 6.07) is 0. The van der Waals surface area contributed by atoms with Gasteiger partial charge in [0.15, 0.2) is 5.65 Å². The van der Waals surface area contributed by atoms with E-state index < -0.39 is 0 Å². The Morgan fingerprint density at radius 1 is 1.41 bits per heavy atom. The fraction of sp³-hybridized carbons (Fsp3) is 0.583. The van der Waals surface area contributed by atoms with Crippen molar-refractivity contribution in [3.8, 4) is 0 Å². The Bertz CT molecular complexity index is 514. The zero-order valence-electron chi connectivity index (χ0n) is 10.0. The molecule has 0 bridgehead atoms. The Balaban J connectivity index is 1.75. The minimum atomic E-state index is 0.524. The average Bonchev–Trinajstić information content (AvgIpc) is 2.92. The Kier molecular flexibility index (Phi) is 2.46. The predicted molar refractivity (Wildman–Crippen MR) is 66.7 cm³/mol. The zero-order chi connectivity index (χ0) is 11.7. The Morgan fingerprint density at radius 3 is 3.06 bits per heavy atom. The van der Waals surface area contributed by atoms with Crippen LogP contribution < -0.4 is 5.32 Å². The molecule has 0 radical (unpaired) electrons. The van der Waals surface area contributed by atoms with Gasteiger partial charge in [0.25, 0.3) is 0 Å². The number of aromatic amines is 1. The molecule has 2 N–H and O–H groups in total. The number of fused-ring (bicyclic) bond motifs is 1. The van der Waals surface area contributed by atoms with E-state index in [1.165, 1.54) is 25.7 Å². The first-order chi connectivity index (χ1) is 8.33. The van der Waals surface area contributed by atoms with Gasteiger partial charge in [0.05, 0.1) is 11.6 Å². The summed E-state index contributed by atoms with van der Waals surface area (Å²) >= 11 is 0. The number of aromatic nitrogens is 4. The Hall–Kier alpha value is -1.65. The second kappa shape index (κ2) is 3.98. The quantitative estimate of drug-likeness (QED) is 0.829. The third kappa shape index (κ3) is 1.97. The summed E-state index contributed by atoms with van der Waals surface area (Å²) in [6.45, 7) is 3.26. The van der Waals surface area contributed by atoms with Crippen LogP contribution in [0.3, 0.4) is 0 Å². The lowest BCUT2D eigenvalue weighted by Crippen LogP contribution is -2.16. The fourth-order valence-corrected chi connectivity index (χ4v) is 2.40. The van der Waals surface area contributed by atoms with E-state index in [0.717, 1.165) is 23.4 Å². The molecule has 1 aliphatic rings. The molecule has 0 unspecified atom stereocenters. The van der Waals surface area contributed by atoms with Gasteiger partial charge in [-0.25, -0.2) is 9.97 Å². The highest BCUT2D eigenvalue weighted by atomic mass is 15.2. The van der Waals surface area contributed by atoms with Gasteiger partial charge in [0, 0.05) is 6.54 Å². The van der Waals surface area contributed by atoms with Crippen molar-refractivity contribution in [2.75, 3.05) is 11.9 Å². The van der Waals surface area contributed by atoms with Crippen LogP contribution in [-0.2, 0) is 0 Å². The van der Waals surface area contributed by atoms with Crippen molar-refractivity contribution in [3.05, 3.63) is 12.5 Å². The largest absolute Gasteiger partial charge is 0.369 e. The maximum Gasteiger partial charge on any atom is 0.160 e. The van der Waals surface area contributed by atoms with Crippen molar-refractivity contribution in [2.24, 2.45) is 5.41 Å². The van der Waals surface area contributed by atoms with Crippen LogP contribution in [0, 0.1) is 5.41 Å². The van der Waals surface area contributed by atoms with E-state index in [2.05, 4.69) is 32.4 Å². The topological polar surface area (TPSA) is 66.5 Å². The van der Waals surface area contributed by atoms with Gasteiger partial charge in [-0.05, 0) is 24.7 Å². The van der Waals surface area contributed by atoms with Crippen molar-refractivity contribution < 1.29 is 0 Å².